The number of nitrogens with zero attached hydrogens (tertiary/aromatic N) is 1. The molecule has 2 rings (SSSR count). The zero-order valence-corrected chi connectivity index (χ0v) is 10.7. The largest absolute Gasteiger partial charge is 0.279 e. The van der Waals surface area contributed by atoms with Gasteiger partial charge in [-0.3, -0.25) is 5.43 Å². The summed E-state index contributed by atoms with van der Waals surface area (Å²) in [6, 6.07) is 12.0. The smallest absolute Gasteiger partial charge is 0.142 e. The van der Waals surface area contributed by atoms with Crippen molar-refractivity contribution in [3.8, 4) is 0 Å². The van der Waals surface area contributed by atoms with Crippen molar-refractivity contribution in [2.24, 2.45) is 5.10 Å². The van der Waals surface area contributed by atoms with E-state index in [0.29, 0.717) is 10.6 Å². The van der Waals surface area contributed by atoms with Gasteiger partial charge >= 0.3 is 0 Å². The molecular weight excluding hydrogens is 274 g/mol. The molecule has 0 bridgehead atoms. The maximum Gasteiger partial charge on any atom is 0.142 e. The fourth-order valence-corrected chi connectivity index (χ4v) is 1.81. The molecule has 2 aromatic carbocycles. The number of para-hydroxylation sites is 1. The predicted octanol–water partition coefficient (Wildman–Crippen LogP) is 4.58. The van der Waals surface area contributed by atoms with Crippen LogP contribution in [0, 0.1) is 5.82 Å². The maximum atomic E-state index is 13.2. The normalized spacial score (nSPS) is 10.8. The number of anilines is 1. The summed E-state index contributed by atoms with van der Waals surface area (Å²) in [5.41, 5.74) is 3.96. The minimum atomic E-state index is -0.526. The van der Waals surface area contributed by atoms with Gasteiger partial charge in [-0.15, -0.1) is 0 Å². The van der Waals surface area contributed by atoms with Gasteiger partial charge in [0.15, 0.2) is 0 Å². The third kappa shape index (κ3) is 3.00. The number of halogens is 3. The van der Waals surface area contributed by atoms with E-state index in [1.54, 1.807) is 0 Å². The predicted molar refractivity (Wildman–Crippen MR) is 74.1 cm³/mol. The molecule has 0 amide bonds. The third-order valence-electron chi connectivity index (χ3n) is 2.24. The van der Waals surface area contributed by atoms with E-state index in [1.165, 1.54) is 18.3 Å². The lowest BCUT2D eigenvalue weighted by molar-refractivity contribution is 0.628. The number of hydrogen-bond donors (Lipinski definition) is 1. The Labute approximate surface area is 114 Å². The van der Waals surface area contributed by atoms with Gasteiger partial charge in [0.05, 0.1) is 21.9 Å². The molecule has 0 spiro atoms. The number of hydrogen-bond acceptors (Lipinski definition) is 2. The highest BCUT2D eigenvalue weighted by atomic mass is 35.5. The van der Waals surface area contributed by atoms with E-state index in [0.717, 1.165) is 5.69 Å². The van der Waals surface area contributed by atoms with Crippen molar-refractivity contribution in [3.63, 3.8) is 0 Å². The van der Waals surface area contributed by atoms with Crippen molar-refractivity contribution in [1.82, 2.24) is 0 Å². The van der Waals surface area contributed by atoms with E-state index >= 15 is 0 Å². The Hall–Kier alpha value is -1.58. The summed E-state index contributed by atoms with van der Waals surface area (Å²) in [4.78, 5) is 0. The van der Waals surface area contributed by atoms with Crippen molar-refractivity contribution in [2.75, 3.05) is 5.43 Å². The van der Waals surface area contributed by atoms with Gasteiger partial charge in [0.25, 0.3) is 0 Å². The van der Waals surface area contributed by atoms with Crippen LogP contribution in [-0.2, 0) is 0 Å². The van der Waals surface area contributed by atoms with Gasteiger partial charge in [0.1, 0.15) is 5.82 Å². The highest BCUT2D eigenvalue weighted by Crippen LogP contribution is 2.25. The summed E-state index contributed by atoms with van der Waals surface area (Å²) in [5.74, 6) is -0.526. The molecule has 0 aliphatic carbocycles. The van der Waals surface area contributed by atoms with Crippen LogP contribution in [0.25, 0.3) is 0 Å². The molecule has 0 saturated heterocycles. The first-order valence-corrected chi connectivity index (χ1v) is 5.91. The molecule has 0 radical (unpaired) electrons. The highest BCUT2D eigenvalue weighted by Gasteiger charge is 2.08. The summed E-state index contributed by atoms with van der Waals surface area (Å²) in [6.07, 6.45) is 1.39. The molecule has 2 aromatic rings. The van der Waals surface area contributed by atoms with Crippen molar-refractivity contribution in [3.05, 3.63) is 63.9 Å². The molecule has 0 aliphatic rings. The van der Waals surface area contributed by atoms with Gasteiger partial charge < -0.3 is 0 Å². The Morgan fingerprint density at radius 3 is 2.50 bits per heavy atom. The average Bonchev–Trinajstić information content (AvgIpc) is 2.39. The first-order chi connectivity index (χ1) is 8.68. The van der Waals surface area contributed by atoms with E-state index in [9.17, 15) is 4.39 Å². The second-order valence-corrected chi connectivity index (χ2v) is 4.28. The van der Waals surface area contributed by atoms with Gasteiger partial charge in [0, 0.05) is 5.56 Å². The van der Waals surface area contributed by atoms with Crippen molar-refractivity contribution >= 4 is 35.1 Å². The lowest BCUT2D eigenvalue weighted by Gasteiger charge is -2.03. The summed E-state index contributed by atoms with van der Waals surface area (Å²) >= 11 is 11.7. The lowest BCUT2D eigenvalue weighted by Crippen LogP contribution is -1.93. The van der Waals surface area contributed by atoms with Crippen LogP contribution in [0.5, 0.6) is 0 Å². The Kier molecular flexibility index (Phi) is 4.18. The number of nitrogens with one attached hydrogen (secondary N) is 1. The first-order valence-electron chi connectivity index (χ1n) is 5.16. The van der Waals surface area contributed by atoms with Crippen LogP contribution in [0.1, 0.15) is 5.56 Å². The van der Waals surface area contributed by atoms with E-state index in [4.69, 9.17) is 23.2 Å². The van der Waals surface area contributed by atoms with Crippen molar-refractivity contribution in [2.45, 2.75) is 0 Å². The molecule has 1 N–H and O–H groups in total. The molecule has 0 fully saturated rings. The average molecular weight is 283 g/mol. The summed E-state index contributed by atoms with van der Waals surface area (Å²) in [6.45, 7) is 0. The van der Waals surface area contributed by atoms with E-state index < -0.39 is 5.82 Å². The van der Waals surface area contributed by atoms with Crippen LogP contribution in [0.3, 0.4) is 0 Å². The van der Waals surface area contributed by atoms with Crippen LogP contribution < -0.4 is 5.43 Å². The lowest BCUT2D eigenvalue weighted by atomic mass is 10.2. The van der Waals surface area contributed by atoms with Crippen LogP contribution >= 0.6 is 23.2 Å². The SMILES string of the molecule is Fc1ccc(Cl)c(C=NNc2ccccc2)c1Cl. The monoisotopic (exact) mass is 282 g/mol. The highest BCUT2D eigenvalue weighted by molar-refractivity contribution is 6.38. The van der Waals surface area contributed by atoms with Crippen LogP contribution in [0.2, 0.25) is 10.0 Å². The molecule has 0 saturated carbocycles. The first kappa shape index (κ1) is 12.9. The van der Waals surface area contributed by atoms with E-state index in [1.807, 2.05) is 30.3 Å². The molecule has 0 atom stereocenters. The minimum Gasteiger partial charge on any atom is -0.279 e. The quantitative estimate of drug-likeness (QED) is 0.497. The molecule has 0 heterocycles. The number of rotatable bonds is 3. The zero-order chi connectivity index (χ0) is 13.0. The molecular formula is C13H9Cl2FN2. The molecule has 0 unspecified atom stereocenters. The van der Waals surface area contributed by atoms with Crippen LogP contribution in [-0.4, -0.2) is 6.21 Å². The van der Waals surface area contributed by atoms with Crippen LogP contribution in [0.15, 0.2) is 47.6 Å². The molecule has 2 nitrogen and oxygen atoms in total. The van der Waals surface area contributed by atoms with E-state index in [-0.39, 0.29) is 5.02 Å². The molecule has 92 valence electrons. The molecule has 18 heavy (non-hydrogen) atoms. The molecule has 5 heteroatoms. The van der Waals surface area contributed by atoms with Gasteiger partial charge in [-0.1, -0.05) is 41.4 Å². The van der Waals surface area contributed by atoms with Gasteiger partial charge in [-0.05, 0) is 24.3 Å². The van der Waals surface area contributed by atoms with Crippen molar-refractivity contribution in [1.29, 1.82) is 0 Å². The van der Waals surface area contributed by atoms with Crippen LogP contribution in [0.4, 0.5) is 10.1 Å². The summed E-state index contributed by atoms with van der Waals surface area (Å²) < 4.78 is 13.2. The van der Waals surface area contributed by atoms with Gasteiger partial charge in [0.2, 0.25) is 0 Å². The minimum absolute atomic E-state index is 0.0406. The second-order valence-electron chi connectivity index (χ2n) is 3.49. The standard InChI is InChI=1S/C13H9Cl2FN2/c14-11-6-7-12(16)13(15)10(11)8-17-18-9-4-2-1-3-5-9/h1-8,18H. The number of hydrazone groups is 1. The van der Waals surface area contributed by atoms with Crippen molar-refractivity contribution < 1.29 is 4.39 Å². The topological polar surface area (TPSA) is 24.4 Å². The number of benzene rings is 2. The second kappa shape index (κ2) is 5.85. The van der Waals surface area contributed by atoms with Gasteiger partial charge in [-0.25, -0.2) is 4.39 Å². The molecule has 0 aromatic heterocycles. The maximum absolute atomic E-state index is 13.2. The Balaban J connectivity index is 2.17. The molecule has 0 aliphatic heterocycles. The Bertz CT molecular complexity index is 571. The Morgan fingerprint density at radius 1 is 1.06 bits per heavy atom. The van der Waals surface area contributed by atoms with E-state index in [2.05, 4.69) is 10.5 Å². The summed E-state index contributed by atoms with van der Waals surface area (Å²) in [5, 5.41) is 4.27. The fourth-order valence-electron chi connectivity index (χ4n) is 1.35. The third-order valence-corrected chi connectivity index (χ3v) is 2.95. The fraction of sp³-hybridized carbons (Fsp3) is 0. The van der Waals surface area contributed by atoms with Gasteiger partial charge in [-0.2, -0.15) is 5.10 Å². The summed E-state index contributed by atoms with van der Waals surface area (Å²) in [7, 11) is 0. The Morgan fingerprint density at radius 2 is 1.78 bits per heavy atom. The zero-order valence-electron chi connectivity index (χ0n) is 9.20.